The van der Waals surface area contributed by atoms with Crippen LogP contribution in [-0.4, -0.2) is 4.98 Å². The largest absolute Gasteiger partial charge is 0.256 e. The third-order valence-corrected chi connectivity index (χ3v) is 5.52. The molecule has 0 aliphatic carbocycles. The van der Waals surface area contributed by atoms with Gasteiger partial charge in [0, 0.05) is 11.8 Å². The molecule has 0 radical (unpaired) electrons. The normalized spacial score (nSPS) is 10.5. The van der Waals surface area contributed by atoms with E-state index >= 15 is 0 Å². The van der Waals surface area contributed by atoms with Crippen molar-refractivity contribution in [3.8, 4) is 50.7 Å². The van der Waals surface area contributed by atoms with E-state index in [0.717, 1.165) is 39.1 Å². The lowest BCUT2D eigenvalue weighted by Crippen LogP contribution is -1.88. The van der Waals surface area contributed by atoms with E-state index in [4.69, 9.17) is 0 Å². The molecule has 1 heterocycles. The molecular weight excluding hydrogens is 388 g/mol. The minimum Gasteiger partial charge on any atom is -0.256 e. The fraction of sp³-hybridized carbons (Fsp3) is 0. The van der Waals surface area contributed by atoms with E-state index in [1.807, 2.05) is 54.6 Å². The number of nitriles is 1. The second-order valence-electron chi connectivity index (χ2n) is 7.65. The maximum atomic E-state index is 9.69. The molecule has 4 aromatic carbocycles. The van der Waals surface area contributed by atoms with E-state index in [9.17, 15) is 5.26 Å². The van der Waals surface area contributed by atoms with Gasteiger partial charge in [-0.25, -0.2) is 0 Å². The molecule has 0 amide bonds. The van der Waals surface area contributed by atoms with E-state index in [0.29, 0.717) is 5.56 Å². The van der Waals surface area contributed by atoms with Gasteiger partial charge in [0.2, 0.25) is 0 Å². The van der Waals surface area contributed by atoms with Gasteiger partial charge in [0.15, 0.2) is 0 Å². The molecule has 0 atom stereocenters. The monoisotopic (exact) mass is 408 g/mol. The Labute approximate surface area is 188 Å². The summed E-state index contributed by atoms with van der Waals surface area (Å²) in [6.07, 6.45) is 1.80. The lowest BCUT2D eigenvalue weighted by molar-refractivity contribution is 1.33. The van der Waals surface area contributed by atoms with Crippen LogP contribution < -0.4 is 0 Å². The summed E-state index contributed by atoms with van der Waals surface area (Å²) in [6.45, 7) is 0. The van der Waals surface area contributed by atoms with Crippen molar-refractivity contribution in [3.63, 3.8) is 0 Å². The smallest absolute Gasteiger partial charge is 0.0992 e. The highest BCUT2D eigenvalue weighted by molar-refractivity contribution is 5.79. The molecule has 2 heteroatoms. The van der Waals surface area contributed by atoms with Gasteiger partial charge in [0.25, 0.3) is 0 Å². The summed E-state index contributed by atoms with van der Waals surface area (Å²) in [5.74, 6) is 0. The van der Waals surface area contributed by atoms with Crippen LogP contribution >= 0.6 is 0 Å². The first-order chi connectivity index (χ1) is 15.8. The van der Waals surface area contributed by atoms with Crippen LogP contribution in [0.25, 0.3) is 44.6 Å². The average Bonchev–Trinajstić information content (AvgIpc) is 2.89. The predicted octanol–water partition coefficient (Wildman–Crippen LogP) is 7.62. The number of nitrogens with zero attached hydrogens (tertiary/aromatic N) is 2. The van der Waals surface area contributed by atoms with Crippen LogP contribution in [0, 0.1) is 11.3 Å². The van der Waals surface area contributed by atoms with Crippen LogP contribution in [0.4, 0.5) is 0 Å². The van der Waals surface area contributed by atoms with Crippen molar-refractivity contribution in [2.45, 2.75) is 0 Å². The van der Waals surface area contributed by atoms with Crippen LogP contribution in [0.15, 0.2) is 121 Å². The molecular formula is C30H20N2. The molecule has 0 fully saturated rings. The molecule has 2 nitrogen and oxygen atoms in total. The Balaban J connectivity index is 1.59. The number of aromatic nitrogens is 1. The third-order valence-electron chi connectivity index (χ3n) is 5.52. The van der Waals surface area contributed by atoms with Crippen molar-refractivity contribution in [1.82, 2.24) is 4.98 Å². The molecule has 5 aromatic rings. The summed E-state index contributed by atoms with van der Waals surface area (Å²) in [5.41, 5.74) is 9.15. The Morgan fingerprint density at radius 3 is 1.62 bits per heavy atom. The molecule has 0 aliphatic rings. The Bertz CT molecular complexity index is 1310. The molecule has 1 aromatic heterocycles. The van der Waals surface area contributed by atoms with E-state index in [1.54, 1.807) is 6.20 Å². The van der Waals surface area contributed by atoms with Crippen LogP contribution in [0.1, 0.15) is 5.56 Å². The number of rotatable bonds is 4. The van der Waals surface area contributed by atoms with Gasteiger partial charge in [0.05, 0.1) is 17.3 Å². The zero-order valence-electron chi connectivity index (χ0n) is 17.4. The van der Waals surface area contributed by atoms with Crippen LogP contribution in [-0.2, 0) is 0 Å². The quantitative estimate of drug-likeness (QED) is 0.307. The topological polar surface area (TPSA) is 36.7 Å². The van der Waals surface area contributed by atoms with Gasteiger partial charge >= 0.3 is 0 Å². The molecule has 5 rings (SSSR count). The van der Waals surface area contributed by atoms with Gasteiger partial charge in [-0.3, -0.25) is 4.98 Å². The molecule has 0 unspecified atom stereocenters. The number of benzene rings is 4. The molecule has 0 saturated carbocycles. The predicted molar refractivity (Wildman–Crippen MR) is 131 cm³/mol. The summed E-state index contributed by atoms with van der Waals surface area (Å²) in [7, 11) is 0. The molecule has 32 heavy (non-hydrogen) atoms. The van der Waals surface area contributed by atoms with Gasteiger partial charge in [-0.15, -0.1) is 0 Å². The first-order valence-electron chi connectivity index (χ1n) is 10.5. The van der Waals surface area contributed by atoms with Crippen molar-refractivity contribution >= 4 is 0 Å². The van der Waals surface area contributed by atoms with E-state index in [2.05, 4.69) is 71.7 Å². The zero-order valence-corrected chi connectivity index (χ0v) is 17.4. The maximum Gasteiger partial charge on any atom is 0.0992 e. The second kappa shape index (κ2) is 8.71. The molecule has 0 aliphatic heterocycles. The fourth-order valence-electron chi connectivity index (χ4n) is 3.93. The van der Waals surface area contributed by atoms with Crippen LogP contribution in [0.3, 0.4) is 0 Å². The number of hydrogen-bond donors (Lipinski definition) is 0. The highest BCUT2D eigenvalue weighted by Gasteiger charge is 2.08. The molecule has 0 N–H and O–H groups in total. The zero-order chi connectivity index (χ0) is 21.8. The first-order valence-corrected chi connectivity index (χ1v) is 10.5. The Hall–Kier alpha value is -4.48. The maximum absolute atomic E-state index is 9.69. The van der Waals surface area contributed by atoms with Crippen molar-refractivity contribution < 1.29 is 0 Å². The Kier molecular flexibility index (Phi) is 5.31. The fourth-order valence-corrected chi connectivity index (χ4v) is 3.93. The molecule has 0 spiro atoms. The summed E-state index contributed by atoms with van der Waals surface area (Å²) >= 11 is 0. The van der Waals surface area contributed by atoms with Gasteiger partial charge in [-0.1, -0.05) is 72.8 Å². The lowest BCUT2D eigenvalue weighted by Gasteiger charge is -2.10. The van der Waals surface area contributed by atoms with E-state index < -0.39 is 0 Å². The number of hydrogen-bond acceptors (Lipinski definition) is 2. The Morgan fingerprint density at radius 1 is 0.469 bits per heavy atom. The van der Waals surface area contributed by atoms with Crippen LogP contribution in [0.2, 0.25) is 0 Å². The minimum absolute atomic E-state index is 0.644. The first kappa shape index (κ1) is 19.5. The van der Waals surface area contributed by atoms with Gasteiger partial charge in [-0.05, 0) is 75.8 Å². The third kappa shape index (κ3) is 4.05. The minimum atomic E-state index is 0.644. The summed E-state index contributed by atoms with van der Waals surface area (Å²) in [5, 5.41) is 9.69. The van der Waals surface area contributed by atoms with Crippen LogP contribution in [0.5, 0.6) is 0 Å². The van der Waals surface area contributed by atoms with Gasteiger partial charge in [-0.2, -0.15) is 5.26 Å². The summed E-state index contributed by atoms with van der Waals surface area (Å²) in [6, 6.07) is 41.4. The highest BCUT2D eigenvalue weighted by atomic mass is 14.7. The molecule has 150 valence electrons. The standard InChI is InChI=1S/C30H20N2/c31-21-22-16-28(25-11-6-10-24(18-25)23-8-2-1-3-9-23)20-29(17-22)26-12-7-13-27(19-26)30-14-4-5-15-32-30/h1-20H. The van der Waals surface area contributed by atoms with Gasteiger partial charge in [0.1, 0.15) is 0 Å². The lowest BCUT2D eigenvalue weighted by atomic mass is 9.93. The molecule has 0 saturated heterocycles. The molecule has 0 bridgehead atoms. The second-order valence-corrected chi connectivity index (χ2v) is 7.65. The summed E-state index contributed by atoms with van der Waals surface area (Å²) < 4.78 is 0. The number of pyridine rings is 1. The summed E-state index contributed by atoms with van der Waals surface area (Å²) in [4.78, 5) is 4.47. The van der Waals surface area contributed by atoms with Crippen molar-refractivity contribution in [3.05, 3.63) is 127 Å². The van der Waals surface area contributed by atoms with E-state index in [1.165, 1.54) is 5.56 Å². The van der Waals surface area contributed by atoms with Gasteiger partial charge < -0.3 is 0 Å². The Morgan fingerprint density at radius 2 is 1.00 bits per heavy atom. The van der Waals surface area contributed by atoms with Crippen molar-refractivity contribution in [2.24, 2.45) is 0 Å². The SMILES string of the molecule is N#Cc1cc(-c2cccc(-c3ccccc3)c2)cc(-c2cccc(-c3ccccn3)c2)c1. The average molecular weight is 409 g/mol. The van der Waals surface area contributed by atoms with Crippen molar-refractivity contribution in [1.29, 1.82) is 5.26 Å². The highest BCUT2D eigenvalue weighted by Crippen LogP contribution is 2.32. The van der Waals surface area contributed by atoms with E-state index in [-0.39, 0.29) is 0 Å². The van der Waals surface area contributed by atoms with Crippen molar-refractivity contribution in [2.75, 3.05) is 0 Å².